The van der Waals surface area contributed by atoms with Crippen molar-refractivity contribution < 1.29 is 24.2 Å². The number of ether oxygens (including phenoxy) is 1. The number of rotatable bonds is 10. The first-order valence-electron chi connectivity index (χ1n) is 13.0. The summed E-state index contributed by atoms with van der Waals surface area (Å²) in [6.45, 7) is 6.24. The van der Waals surface area contributed by atoms with Crippen LogP contribution in [0.4, 0.5) is 5.82 Å². The fraction of sp³-hybridized carbons (Fsp3) is 0.464. The molecule has 4 N–H and O–H groups in total. The van der Waals surface area contributed by atoms with Crippen LogP contribution in [0.2, 0.25) is 0 Å². The van der Waals surface area contributed by atoms with Gasteiger partial charge in [0.15, 0.2) is 12.2 Å². The minimum atomic E-state index is -1.10. The van der Waals surface area contributed by atoms with E-state index in [1.165, 1.54) is 17.5 Å². The highest BCUT2D eigenvalue weighted by Crippen LogP contribution is 2.30. The van der Waals surface area contributed by atoms with E-state index in [0.29, 0.717) is 43.1 Å². The van der Waals surface area contributed by atoms with Crippen molar-refractivity contribution >= 4 is 11.7 Å². The van der Waals surface area contributed by atoms with Crippen molar-refractivity contribution in [2.24, 2.45) is 0 Å². The topological polar surface area (TPSA) is 133 Å². The lowest BCUT2D eigenvalue weighted by Gasteiger charge is -2.35. The highest BCUT2D eigenvalue weighted by Gasteiger charge is 2.29. The number of carbonyl (C=O) groups excluding carboxylic acids is 1. The van der Waals surface area contributed by atoms with Crippen LogP contribution in [0, 0.1) is 6.92 Å². The molecular formula is C28H35N5O5. The lowest BCUT2D eigenvalue weighted by atomic mass is 9.89. The van der Waals surface area contributed by atoms with Crippen molar-refractivity contribution in [3.8, 4) is 5.75 Å². The van der Waals surface area contributed by atoms with E-state index in [2.05, 4.69) is 38.5 Å². The largest absolute Gasteiger partial charge is 0.485 e. The second-order valence-electron chi connectivity index (χ2n) is 10.6. The Balaban J connectivity index is 1.12. The molecule has 1 atom stereocenters. The molecule has 0 saturated heterocycles. The average molecular weight is 522 g/mol. The first-order valence-corrected chi connectivity index (χ1v) is 13.0. The number of β-amino-alcohol motifs (C(OH)–C–C–N with tert-alkyl or cyclic N) is 1. The minimum absolute atomic E-state index is 0.128. The molecule has 10 heteroatoms. The maximum Gasteiger partial charge on any atom is 0.251 e. The van der Waals surface area contributed by atoms with Crippen molar-refractivity contribution in [3.63, 3.8) is 0 Å². The van der Waals surface area contributed by atoms with Gasteiger partial charge in [0.05, 0.1) is 17.9 Å². The number of nitrogens with one attached hydrogen (secondary N) is 2. The Hall–Kier alpha value is -3.47. The van der Waals surface area contributed by atoms with Gasteiger partial charge in [0.25, 0.3) is 5.91 Å². The number of carbonyl (C=O) groups is 1. The quantitative estimate of drug-likeness (QED) is 0.317. The Morgan fingerprint density at radius 3 is 2.92 bits per heavy atom. The van der Waals surface area contributed by atoms with Gasteiger partial charge < -0.3 is 30.0 Å². The van der Waals surface area contributed by atoms with Crippen LogP contribution in [0.1, 0.15) is 52.6 Å². The van der Waals surface area contributed by atoms with Crippen LogP contribution in [-0.4, -0.2) is 68.4 Å². The van der Waals surface area contributed by atoms with Gasteiger partial charge in [-0.1, -0.05) is 6.07 Å². The third-order valence-electron chi connectivity index (χ3n) is 7.25. The first kappa shape index (κ1) is 26.1. The summed E-state index contributed by atoms with van der Waals surface area (Å²) in [7, 11) is 0. The number of amides is 1. The van der Waals surface area contributed by atoms with Crippen LogP contribution in [0.3, 0.4) is 0 Å². The van der Waals surface area contributed by atoms with Crippen molar-refractivity contribution in [1.82, 2.24) is 20.2 Å². The summed E-state index contributed by atoms with van der Waals surface area (Å²) in [4.78, 5) is 23.2. The third-order valence-corrected chi connectivity index (χ3v) is 7.25. The van der Waals surface area contributed by atoms with Gasteiger partial charge in [0, 0.05) is 44.0 Å². The van der Waals surface area contributed by atoms with Crippen molar-refractivity contribution in [2.75, 3.05) is 25.0 Å². The number of benzene rings is 1. The van der Waals surface area contributed by atoms with Gasteiger partial charge in [0.2, 0.25) is 0 Å². The van der Waals surface area contributed by atoms with Gasteiger partial charge >= 0.3 is 0 Å². The highest BCUT2D eigenvalue weighted by molar-refractivity contribution is 5.94. The average Bonchev–Trinajstić information content (AvgIpc) is 3.40. The second-order valence-corrected chi connectivity index (χ2v) is 10.6. The number of hydrogen-bond donors (Lipinski definition) is 4. The smallest absolute Gasteiger partial charge is 0.251 e. The minimum Gasteiger partial charge on any atom is -0.485 e. The van der Waals surface area contributed by atoms with Crippen LogP contribution in [0.5, 0.6) is 5.75 Å². The van der Waals surface area contributed by atoms with E-state index < -0.39 is 5.60 Å². The van der Waals surface area contributed by atoms with Crippen molar-refractivity contribution in [1.29, 1.82) is 0 Å². The molecule has 3 aromatic rings. The summed E-state index contributed by atoms with van der Waals surface area (Å²) in [5.41, 5.74) is 3.00. The summed E-state index contributed by atoms with van der Waals surface area (Å²) in [5, 5.41) is 26.6. The number of nitrogens with zero attached hydrogens (tertiary/aromatic N) is 3. The lowest BCUT2D eigenvalue weighted by molar-refractivity contribution is 0.0159. The van der Waals surface area contributed by atoms with E-state index in [4.69, 9.17) is 9.15 Å². The zero-order chi connectivity index (χ0) is 26.7. The maximum atomic E-state index is 12.8. The molecule has 1 aromatic carbocycles. The summed E-state index contributed by atoms with van der Waals surface area (Å²) in [6.07, 6.45) is 6.58. The van der Waals surface area contributed by atoms with Crippen LogP contribution >= 0.6 is 0 Å². The zero-order valence-corrected chi connectivity index (χ0v) is 21.8. The van der Waals surface area contributed by atoms with Crippen LogP contribution < -0.4 is 15.4 Å². The monoisotopic (exact) mass is 521 g/mol. The fourth-order valence-electron chi connectivity index (χ4n) is 5.11. The molecule has 0 radical (unpaired) electrons. The number of aliphatic hydroxyl groups is 2. The maximum absolute atomic E-state index is 12.8. The number of fused-ring (bicyclic) bond motifs is 1. The highest BCUT2D eigenvalue weighted by atomic mass is 16.5. The number of anilines is 1. The van der Waals surface area contributed by atoms with E-state index in [1.54, 1.807) is 31.5 Å². The molecule has 3 heterocycles. The first-order chi connectivity index (χ1) is 18.3. The van der Waals surface area contributed by atoms with E-state index in [1.807, 2.05) is 6.07 Å². The second kappa shape index (κ2) is 11.1. The number of aromatic nitrogens is 2. The third kappa shape index (κ3) is 6.32. The Bertz CT molecular complexity index is 1260. The van der Waals surface area contributed by atoms with E-state index in [-0.39, 0.29) is 24.6 Å². The van der Waals surface area contributed by atoms with E-state index in [0.717, 1.165) is 30.8 Å². The zero-order valence-electron chi connectivity index (χ0n) is 21.8. The number of hydrogen-bond acceptors (Lipinski definition) is 9. The molecule has 2 aromatic heterocycles. The molecule has 0 bridgehead atoms. The molecule has 0 spiro atoms. The molecule has 2 aliphatic rings. The van der Waals surface area contributed by atoms with Crippen molar-refractivity contribution in [3.05, 3.63) is 71.1 Å². The molecule has 10 nitrogen and oxygen atoms in total. The standard InChI is InChI=1S/C28H35N5O5/c1-18-24-6-8-33(13-20(24)3-4-25(18)37-14-23-12-29-17-38-23)16-28(2,36)15-31-27(35)19-5-7-30-26(9-19)32-21-10-22(34)11-21/h3-5,7,9,12,17,21-22,34,36H,6,8,10-11,13-16H2,1-2H3,(H,30,32)(H,31,35)/t21?,22?,28-/m1/s1. The molecule has 1 aliphatic heterocycles. The fourth-order valence-corrected chi connectivity index (χ4v) is 5.11. The Morgan fingerprint density at radius 2 is 2.16 bits per heavy atom. The van der Waals surface area contributed by atoms with Gasteiger partial charge in [-0.15, -0.1) is 0 Å². The summed E-state index contributed by atoms with van der Waals surface area (Å²) in [6, 6.07) is 7.59. The SMILES string of the molecule is Cc1c(OCc2cnco2)ccc2c1CCN(C[C@](C)(O)CNC(=O)c1ccnc(NC3CC(O)C3)c1)C2. The van der Waals surface area contributed by atoms with E-state index in [9.17, 15) is 15.0 Å². The molecule has 1 aliphatic carbocycles. The summed E-state index contributed by atoms with van der Waals surface area (Å²) < 4.78 is 11.2. The molecule has 1 amide bonds. The van der Waals surface area contributed by atoms with Gasteiger partial charge in [0.1, 0.15) is 18.2 Å². The van der Waals surface area contributed by atoms with Crippen LogP contribution in [0.15, 0.2) is 47.5 Å². The normalized spacial score (nSPS) is 20.6. The van der Waals surface area contributed by atoms with Gasteiger partial charge in [-0.25, -0.2) is 9.97 Å². The van der Waals surface area contributed by atoms with Gasteiger partial charge in [-0.05, 0) is 68.0 Å². The van der Waals surface area contributed by atoms with E-state index >= 15 is 0 Å². The number of aliphatic hydroxyl groups excluding tert-OH is 1. The lowest BCUT2D eigenvalue weighted by Crippen LogP contribution is -2.49. The molecule has 0 unspecified atom stereocenters. The predicted molar refractivity (Wildman–Crippen MR) is 141 cm³/mol. The van der Waals surface area contributed by atoms with Gasteiger partial charge in [-0.2, -0.15) is 0 Å². The Morgan fingerprint density at radius 1 is 1.32 bits per heavy atom. The van der Waals surface area contributed by atoms with Crippen LogP contribution in [-0.2, 0) is 19.6 Å². The Kier molecular flexibility index (Phi) is 7.64. The Labute approximate surface area is 222 Å². The van der Waals surface area contributed by atoms with Gasteiger partial charge in [-0.3, -0.25) is 9.69 Å². The molecule has 1 saturated carbocycles. The van der Waals surface area contributed by atoms with Crippen LogP contribution in [0.25, 0.3) is 0 Å². The summed E-state index contributed by atoms with van der Waals surface area (Å²) >= 11 is 0. The molecule has 38 heavy (non-hydrogen) atoms. The number of pyridine rings is 1. The molecular weight excluding hydrogens is 486 g/mol. The molecule has 1 fully saturated rings. The number of oxazole rings is 1. The molecule has 202 valence electrons. The molecule has 5 rings (SSSR count). The van der Waals surface area contributed by atoms with Crippen molar-refractivity contribution in [2.45, 2.75) is 64.0 Å². The predicted octanol–water partition coefficient (Wildman–Crippen LogP) is 2.43. The summed E-state index contributed by atoms with van der Waals surface area (Å²) in [5.74, 6) is 1.86.